The van der Waals surface area contributed by atoms with Crippen LogP contribution in [0.4, 0.5) is 0 Å². The number of ether oxygens (including phenoxy) is 1. The number of rotatable bonds is 11. The fourth-order valence-corrected chi connectivity index (χ4v) is 2.02. The predicted octanol–water partition coefficient (Wildman–Crippen LogP) is 1.53. The van der Waals surface area contributed by atoms with E-state index in [1.807, 2.05) is 0 Å². The Kier molecular flexibility index (Phi) is 11.2. The van der Waals surface area contributed by atoms with E-state index in [1.165, 1.54) is 0 Å². The molecule has 0 heterocycles. The van der Waals surface area contributed by atoms with Gasteiger partial charge in [0.2, 0.25) is 5.91 Å². The first-order chi connectivity index (χ1) is 9.19. The minimum absolute atomic E-state index is 0.114. The first kappa shape index (κ1) is 17.9. The normalized spacial score (nSPS) is 11.9. The van der Waals surface area contributed by atoms with Crippen LogP contribution in [0.3, 0.4) is 0 Å². The molecule has 0 spiro atoms. The highest BCUT2D eigenvalue weighted by atomic mass is 16.5. The van der Waals surface area contributed by atoms with E-state index in [-0.39, 0.29) is 5.91 Å². The molecule has 0 aromatic carbocycles. The zero-order chi connectivity index (χ0) is 14.5. The molecule has 0 saturated heterocycles. The van der Waals surface area contributed by atoms with Crippen LogP contribution in [0.2, 0.25) is 0 Å². The molecule has 5 nitrogen and oxygen atoms in total. The topological polar surface area (TPSA) is 79.4 Å². The van der Waals surface area contributed by atoms with Gasteiger partial charge < -0.3 is 15.4 Å². The fraction of sp³-hybridized carbons (Fsp3) is 0.857. The molecule has 0 radical (unpaired) electrons. The van der Waals surface area contributed by atoms with E-state index in [1.54, 1.807) is 12.0 Å². The van der Waals surface area contributed by atoms with Gasteiger partial charge in [0.15, 0.2) is 0 Å². The van der Waals surface area contributed by atoms with E-state index in [9.17, 15) is 4.79 Å². The molecule has 1 unspecified atom stereocenters. The zero-order valence-corrected chi connectivity index (χ0v) is 12.2. The molecular weight excluding hydrogens is 242 g/mol. The molecule has 110 valence electrons. The van der Waals surface area contributed by atoms with E-state index >= 15 is 0 Å². The van der Waals surface area contributed by atoms with Crippen LogP contribution in [0.15, 0.2) is 0 Å². The molecule has 1 atom stereocenters. The smallest absolute Gasteiger partial charge is 0.222 e. The molecule has 0 saturated carbocycles. The molecule has 1 amide bonds. The highest BCUT2D eigenvalue weighted by molar-refractivity contribution is 5.76. The Morgan fingerprint density at radius 2 is 2.16 bits per heavy atom. The van der Waals surface area contributed by atoms with Gasteiger partial charge in [-0.2, -0.15) is 5.26 Å². The second kappa shape index (κ2) is 11.9. The summed E-state index contributed by atoms with van der Waals surface area (Å²) >= 11 is 0. The number of nitrogens with zero attached hydrogens (tertiary/aromatic N) is 2. The van der Waals surface area contributed by atoms with Crippen molar-refractivity contribution >= 4 is 5.91 Å². The van der Waals surface area contributed by atoms with E-state index < -0.39 is 0 Å². The molecule has 0 aliphatic rings. The molecule has 2 N–H and O–H groups in total. The van der Waals surface area contributed by atoms with Crippen molar-refractivity contribution in [3.05, 3.63) is 0 Å². The Bertz CT molecular complexity index is 276. The Balaban J connectivity index is 4.17. The lowest BCUT2D eigenvalue weighted by Gasteiger charge is -2.22. The maximum Gasteiger partial charge on any atom is 0.222 e. The molecular formula is C14H27N3O2. The van der Waals surface area contributed by atoms with Crippen molar-refractivity contribution in [3.8, 4) is 6.07 Å². The molecule has 0 rings (SSSR count). The summed E-state index contributed by atoms with van der Waals surface area (Å²) in [5, 5.41) is 8.62. The summed E-state index contributed by atoms with van der Waals surface area (Å²) in [6, 6.07) is 2.07. The Labute approximate surface area is 116 Å². The standard InChI is InChI=1S/C14H27N3O2/c1-3-13(7-9-16)5-6-14(18)17(10-4-8-15)11-12-19-2/h13H,3-7,9-12,16H2,1-2H3. The summed E-state index contributed by atoms with van der Waals surface area (Å²) < 4.78 is 4.99. The van der Waals surface area contributed by atoms with Crippen LogP contribution in [0.1, 0.15) is 39.0 Å². The van der Waals surface area contributed by atoms with Gasteiger partial charge in [-0.25, -0.2) is 0 Å². The molecule has 0 bridgehead atoms. The fourth-order valence-electron chi connectivity index (χ4n) is 2.02. The first-order valence-electron chi connectivity index (χ1n) is 7.03. The maximum absolute atomic E-state index is 12.1. The molecule has 5 heteroatoms. The van der Waals surface area contributed by atoms with Crippen molar-refractivity contribution in [2.45, 2.75) is 39.0 Å². The molecule has 0 aromatic rings. The highest BCUT2D eigenvalue weighted by Crippen LogP contribution is 2.15. The number of nitrogens with two attached hydrogens (primary N) is 1. The van der Waals surface area contributed by atoms with Crippen LogP contribution in [0.5, 0.6) is 0 Å². The van der Waals surface area contributed by atoms with Crippen molar-refractivity contribution < 1.29 is 9.53 Å². The third-order valence-electron chi connectivity index (χ3n) is 3.33. The van der Waals surface area contributed by atoms with Crippen LogP contribution in [0.25, 0.3) is 0 Å². The summed E-state index contributed by atoms with van der Waals surface area (Å²) in [6.07, 6.45) is 3.81. The van der Waals surface area contributed by atoms with E-state index in [0.717, 1.165) is 19.3 Å². The summed E-state index contributed by atoms with van der Waals surface area (Å²) in [6.45, 7) is 4.37. The number of amides is 1. The lowest BCUT2D eigenvalue weighted by molar-refractivity contribution is -0.132. The van der Waals surface area contributed by atoms with Gasteiger partial charge in [-0.3, -0.25) is 4.79 Å². The van der Waals surface area contributed by atoms with Crippen LogP contribution in [0, 0.1) is 17.2 Å². The summed E-state index contributed by atoms with van der Waals surface area (Å²) in [4.78, 5) is 13.8. The second-order valence-corrected chi connectivity index (χ2v) is 4.67. The quantitative estimate of drug-likeness (QED) is 0.617. The molecule has 0 fully saturated rings. The number of carbonyl (C=O) groups is 1. The van der Waals surface area contributed by atoms with Crippen LogP contribution in [-0.2, 0) is 9.53 Å². The van der Waals surface area contributed by atoms with Gasteiger partial charge in [0.1, 0.15) is 0 Å². The van der Waals surface area contributed by atoms with Crippen molar-refractivity contribution in [3.63, 3.8) is 0 Å². The Morgan fingerprint density at radius 3 is 2.68 bits per heavy atom. The van der Waals surface area contributed by atoms with E-state index in [4.69, 9.17) is 15.7 Å². The Morgan fingerprint density at radius 1 is 1.42 bits per heavy atom. The summed E-state index contributed by atoms with van der Waals surface area (Å²) in [7, 11) is 1.61. The number of hydrogen-bond acceptors (Lipinski definition) is 4. The molecule has 0 aromatic heterocycles. The predicted molar refractivity (Wildman–Crippen MR) is 75.4 cm³/mol. The molecule has 0 aliphatic carbocycles. The number of carbonyl (C=O) groups excluding carboxylic acids is 1. The highest BCUT2D eigenvalue weighted by Gasteiger charge is 2.15. The Hall–Kier alpha value is -1.12. The SMILES string of the molecule is CCC(CCN)CCC(=O)N(CCC#N)CCOC. The minimum Gasteiger partial charge on any atom is -0.383 e. The third-order valence-corrected chi connectivity index (χ3v) is 3.33. The van der Waals surface area contributed by atoms with Crippen molar-refractivity contribution in [2.75, 3.05) is 33.4 Å². The third kappa shape index (κ3) is 8.57. The number of methoxy groups -OCH3 is 1. The van der Waals surface area contributed by atoms with Gasteiger partial charge in [-0.15, -0.1) is 0 Å². The average molecular weight is 269 g/mol. The van der Waals surface area contributed by atoms with Crippen molar-refractivity contribution in [1.29, 1.82) is 5.26 Å². The van der Waals surface area contributed by atoms with Crippen LogP contribution in [-0.4, -0.2) is 44.2 Å². The van der Waals surface area contributed by atoms with E-state index in [0.29, 0.717) is 45.0 Å². The maximum atomic E-state index is 12.1. The first-order valence-corrected chi connectivity index (χ1v) is 7.03. The summed E-state index contributed by atoms with van der Waals surface area (Å²) in [5.74, 6) is 0.636. The van der Waals surface area contributed by atoms with Gasteiger partial charge in [0.05, 0.1) is 19.1 Å². The van der Waals surface area contributed by atoms with E-state index in [2.05, 4.69) is 13.0 Å². The van der Waals surface area contributed by atoms with Gasteiger partial charge in [-0.1, -0.05) is 13.3 Å². The monoisotopic (exact) mass is 269 g/mol. The second-order valence-electron chi connectivity index (χ2n) is 4.67. The van der Waals surface area contributed by atoms with Gasteiger partial charge >= 0.3 is 0 Å². The van der Waals surface area contributed by atoms with Crippen molar-refractivity contribution in [2.24, 2.45) is 11.7 Å². The number of hydrogen-bond donors (Lipinski definition) is 1. The molecule has 19 heavy (non-hydrogen) atoms. The molecule has 0 aliphatic heterocycles. The largest absolute Gasteiger partial charge is 0.383 e. The van der Waals surface area contributed by atoms with Gasteiger partial charge in [0.25, 0.3) is 0 Å². The number of nitriles is 1. The van der Waals surface area contributed by atoms with Crippen LogP contribution < -0.4 is 5.73 Å². The zero-order valence-electron chi connectivity index (χ0n) is 12.2. The lowest BCUT2D eigenvalue weighted by Crippen LogP contribution is -2.34. The average Bonchev–Trinajstić information content (AvgIpc) is 2.43. The van der Waals surface area contributed by atoms with Gasteiger partial charge in [0, 0.05) is 26.6 Å². The summed E-state index contributed by atoms with van der Waals surface area (Å²) in [5.41, 5.74) is 5.55. The van der Waals surface area contributed by atoms with Gasteiger partial charge in [-0.05, 0) is 25.3 Å². The van der Waals surface area contributed by atoms with Crippen LogP contribution >= 0.6 is 0 Å². The minimum atomic E-state index is 0.114. The van der Waals surface area contributed by atoms with Crippen molar-refractivity contribution in [1.82, 2.24) is 4.90 Å². The lowest BCUT2D eigenvalue weighted by atomic mass is 9.96.